The maximum Gasteiger partial charge on any atom is 0.240 e. The van der Waals surface area contributed by atoms with E-state index in [9.17, 15) is 8.42 Å². The molecule has 0 saturated heterocycles. The first-order chi connectivity index (χ1) is 5.82. The van der Waals surface area contributed by atoms with Gasteiger partial charge in [0.2, 0.25) is 10.0 Å². The highest BCUT2D eigenvalue weighted by atomic mass is 127. The zero-order valence-corrected chi connectivity index (χ0v) is 9.89. The molecule has 4 nitrogen and oxygen atoms in total. The van der Waals surface area contributed by atoms with Gasteiger partial charge in [-0.2, -0.15) is 0 Å². The lowest BCUT2D eigenvalue weighted by molar-refractivity contribution is 0.598. The monoisotopic (exact) mass is 312 g/mol. The van der Waals surface area contributed by atoms with E-state index in [1.807, 2.05) is 22.6 Å². The molecule has 1 aromatic rings. The number of sulfonamides is 1. The van der Waals surface area contributed by atoms with E-state index in [1.54, 1.807) is 13.0 Å². The maximum absolute atomic E-state index is 11.1. The number of nitrogen functional groups attached to an aromatic ring is 1. The van der Waals surface area contributed by atoms with Gasteiger partial charge in [-0.15, -0.1) is 0 Å². The Morgan fingerprint density at radius 3 is 2.38 bits per heavy atom. The van der Waals surface area contributed by atoms with Gasteiger partial charge in [-0.3, -0.25) is 0 Å². The summed E-state index contributed by atoms with van der Waals surface area (Å²) in [6.07, 6.45) is 0. The summed E-state index contributed by atoms with van der Waals surface area (Å²) in [7, 11) is -3.71. The third kappa shape index (κ3) is 2.32. The molecular formula is C7H9IN2O2S. The van der Waals surface area contributed by atoms with Crippen molar-refractivity contribution in [3.05, 3.63) is 21.3 Å². The van der Waals surface area contributed by atoms with Crippen LogP contribution in [0, 0.1) is 10.5 Å². The van der Waals surface area contributed by atoms with Crippen LogP contribution in [-0.4, -0.2) is 8.42 Å². The van der Waals surface area contributed by atoms with E-state index in [-0.39, 0.29) is 10.6 Å². The Balaban J connectivity index is 3.56. The van der Waals surface area contributed by atoms with Gasteiger partial charge in [-0.05, 0) is 47.2 Å². The van der Waals surface area contributed by atoms with Crippen molar-refractivity contribution >= 4 is 38.3 Å². The van der Waals surface area contributed by atoms with Crippen LogP contribution >= 0.6 is 22.6 Å². The molecule has 0 amide bonds. The molecule has 0 bridgehead atoms. The summed E-state index contributed by atoms with van der Waals surface area (Å²) in [5, 5.41) is 4.98. The van der Waals surface area contributed by atoms with Gasteiger partial charge in [0.05, 0.1) is 5.69 Å². The number of primary sulfonamides is 1. The molecule has 0 aliphatic rings. The average Bonchev–Trinajstić information content (AvgIpc) is 1.94. The molecule has 0 saturated carbocycles. The Bertz CT molecular complexity index is 442. The molecule has 0 aliphatic carbocycles. The van der Waals surface area contributed by atoms with Crippen molar-refractivity contribution in [2.24, 2.45) is 5.14 Å². The van der Waals surface area contributed by atoms with Crippen LogP contribution < -0.4 is 10.9 Å². The van der Waals surface area contributed by atoms with Gasteiger partial charge in [0.25, 0.3) is 0 Å². The van der Waals surface area contributed by atoms with Crippen LogP contribution in [-0.2, 0) is 10.0 Å². The van der Waals surface area contributed by atoms with E-state index < -0.39 is 10.0 Å². The molecule has 0 atom stereocenters. The molecule has 0 aromatic heterocycles. The molecule has 0 heterocycles. The lowest BCUT2D eigenvalue weighted by Gasteiger charge is -2.06. The van der Waals surface area contributed by atoms with E-state index in [2.05, 4.69) is 0 Å². The molecule has 0 fully saturated rings. The molecule has 13 heavy (non-hydrogen) atoms. The minimum absolute atomic E-state index is 0.00287. The van der Waals surface area contributed by atoms with Gasteiger partial charge in [-0.25, -0.2) is 13.6 Å². The van der Waals surface area contributed by atoms with Crippen molar-refractivity contribution in [1.82, 2.24) is 0 Å². The number of hydrogen-bond donors (Lipinski definition) is 2. The first kappa shape index (κ1) is 10.7. The molecule has 4 N–H and O–H groups in total. The Morgan fingerprint density at radius 2 is 1.92 bits per heavy atom. The van der Waals surface area contributed by atoms with Crippen molar-refractivity contribution in [3.63, 3.8) is 0 Å². The van der Waals surface area contributed by atoms with Crippen molar-refractivity contribution < 1.29 is 8.42 Å². The van der Waals surface area contributed by atoms with Crippen LogP contribution in [0.15, 0.2) is 17.0 Å². The summed E-state index contributed by atoms with van der Waals surface area (Å²) >= 11 is 2.01. The van der Waals surface area contributed by atoms with Crippen LogP contribution in [0.2, 0.25) is 0 Å². The fraction of sp³-hybridized carbons (Fsp3) is 0.143. The number of nitrogens with two attached hydrogens (primary N) is 2. The van der Waals surface area contributed by atoms with E-state index in [0.29, 0.717) is 0 Å². The Hall–Kier alpha value is -0.340. The lowest BCUT2D eigenvalue weighted by Crippen LogP contribution is -2.15. The quantitative estimate of drug-likeness (QED) is 0.595. The predicted octanol–water partition coefficient (Wildman–Crippen LogP) is 0.829. The second kappa shape index (κ2) is 3.43. The van der Waals surface area contributed by atoms with Gasteiger partial charge >= 0.3 is 0 Å². The molecule has 6 heteroatoms. The molecular weight excluding hydrogens is 303 g/mol. The summed E-state index contributed by atoms with van der Waals surface area (Å²) in [6, 6.07) is 3.25. The Kier molecular flexibility index (Phi) is 2.83. The minimum atomic E-state index is -3.71. The number of anilines is 1. The average molecular weight is 312 g/mol. The van der Waals surface area contributed by atoms with Crippen LogP contribution in [0.4, 0.5) is 5.69 Å². The Labute approximate surface area is 90.5 Å². The van der Waals surface area contributed by atoms with Gasteiger partial charge < -0.3 is 5.73 Å². The molecule has 0 aliphatic heterocycles. The number of halogens is 1. The van der Waals surface area contributed by atoms with E-state index >= 15 is 0 Å². The second-order valence-corrected chi connectivity index (χ2v) is 5.45. The highest BCUT2D eigenvalue weighted by molar-refractivity contribution is 14.1. The molecule has 0 spiro atoms. The van der Waals surface area contributed by atoms with Crippen LogP contribution in [0.3, 0.4) is 0 Å². The van der Waals surface area contributed by atoms with Crippen LogP contribution in [0.1, 0.15) is 5.56 Å². The zero-order valence-electron chi connectivity index (χ0n) is 6.91. The first-order valence-corrected chi connectivity index (χ1v) is 6.03. The standard InChI is InChI=1S/C7H9IN2O2S/c1-4-2-5(8)3-6(7(4)9)13(10,11)12/h2-3H,9H2,1H3,(H2,10,11,12). The third-order valence-electron chi connectivity index (χ3n) is 1.62. The number of hydrogen-bond acceptors (Lipinski definition) is 3. The van der Waals surface area contributed by atoms with E-state index in [0.717, 1.165) is 9.13 Å². The van der Waals surface area contributed by atoms with Crippen molar-refractivity contribution in [2.45, 2.75) is 11.8 Å². The first-order valence-electron chi connectivity index (χ1n) is 3.41. The fourth-order valence-corrected chi connectivity index (χ4v) is 2.71. The third-order valence-corrected chi connectivity index (χ3v) is 3.19. The summed E-state index contributed by atoms with van der Waals surface area (Å²) < 4.78 is 22.9. The highest BCUT2D eigenvalue weighted by Gasteiger charge is 2.14. The van der Waals surface area contributed by atoms with Crippen LogP contribution in [0.5, 0.6) is 0 Å². The minimum Gasteiger partial charge on any atom is -0.397 e. The van der Waals surface area contributed by atoms with Crippen molar-refractivity contribution in [3.8, 4) is 0 Å². The smallest absolute Gasteiger partial charge is 0.240 e. The lowest BCUT2D eigenvalue weighted by atomic mass is 10.2. The normalized spacial score (nSPS) is 11.6. The van der Waals surface area contributed by atoms with Gasteiger partial charge in [0, 0.05) is 3.57 Å². The Morgan fingerprint density at radius 1 is 1.38 bits per heavy atom. The number of rotatable bonds is 1. The number of aryl methyl sites for hydroxylation is 1. The van der Waals surface area contributed by atoms with Crippen molar-refractivity contribution in [1.29, 1.82) is 0 Å². The largest absolute Gasteiger partial charge is 0.397 e. The SMILES string of the molecule is Cc1cc(I)cc(S(N)(=O)=O)c1N. The van der Waals surface area contributed by atoms with Gasteiger partial charge in [0.1, 0.15) is 4.90 Å². The molecule has 72 valence electrons. The fourth-order valence-electron chi connectivity index (χ4n) is 0.959. The molecule has 0 radical (unpaired) electrons. The zero-order chi connectivity index (χ0) is 10.2. The predicted molar refractivity (Wildman–Crippen MR) is 59.7 cm³/mol. The summed E-state index contributed by atoms with van der Waals surface area (Å²) in [4.78, 5) is -0.00287. The molecule has 1 rings (SSSR count). The van der Waals surface area contributed by atoms with Gasteiger partial charge in [-0.1, -0.05) is 0 Å². The van der Waals surface area contributed by atoms with Crippen LogP contribution in [0.25, 0.3) is 0 Å². The number of benzene rings is 1. The van der Waals surface area contributed by atoms with Gasteiger partial charge in [0.15, 0.2) is 0 Å². The van der Waals surface area contributed by atoms with Crippen molar-refractivity contribution in [2.75, 3.05) is 5.73 Å². The topological polar surface area (TPSA) is 86.2 Å². The summed E-state index contributed by atoms with van der Waals surface area (Å²) in [5.41, 5.74) is 6.52. The molecule has 0 unspecified atom stereocenters. The maximum atomic E-state index is 11.1. The highest BCUT2D eigenvalue weighted by Crippen LogP contribution is 2.23. The summed E-state index contributed by atoms with van der Waals surface area (Å²) in [5.74, 6) is 0. The second-order valence-electron chi connectivity index (χ2n) is 2.68. The molecule has 1 aromatic carbocycles. The van der Waals surface area contributed by atoms with E-state index in [4.69, 9.17) is 10.9 Å². The summed E-state index contributed by atoms with van der Waals surface area (Å²) in [6.45, 7) is 1.74. The van der Waals surface area contributed by atoms with E-state index in [1.165, 1.54) is 6.07 Å².